The van der Waals surface area contributed by atoms with E-state index in [2.05, 4.69) is 27.7 Å². The highest BCUT2D eigenvalue weighted by molar-refractivity contribution is 6.70. The largest absolute Gasteiger partial charge is 0.461 e. The number of carbonyl (C=O) groups is 1. The third kappa shape index (κ3) is 5.89. The van der Waals surface area contributed by atoms with Crippen molar-refractivity contribution in [3.8, 4) is 0 Å². The summed E-state index contributed by atoms with van der Waals surface area (Å²) in [6, 6.07) is 9.70. The topological polar surface area (TPSA) is 44.8 Å². The lowest BCUT2D eigenvalue weighted by atomic mass is 10.2. The van der Waals surface area contributed by atoms with Crippen molar-refractivity contribution in [2.24, 2.45) is 0 Å². The van der Waals surface area contributed by atoms with Gasteiger partial charge in [0.15, 0.2) is 0 Å². The van der Waals surface area contributed by atoms with Crippen molar-refractivity contribution in [2.75, 3.05) is 0 Å². The average Bonchev–Trinajstić information content (AvgIpc) is 2.82. The van der Waals surface area contributed by atoms with Gasteiger partial charge in [0.25, 0.3) is 0 Å². The van der Waals surface area contributed by atoms with Gasteiger partial charge in [0.2, 0.25) is 0 Å². The molecule has 0 bridgehead atoms. The first kappa shape index (κ1) is 21.6. The third-order valence-electron chi connectivity index (χ3n) is 4.77. The molecule has 0 unspecified atom stereocenters. The van der Waals surface area contributed by atoms with Crippen molar-refractivity contribution in [2.45, 2.75) is 70.9 Å². The zero-order valence-electron chi connectivity index (χ0n) is 17.1. The van der Waals surface area contributed by atoms with Crippen molar-refractivity contribution in [3.63, 3.8) is 0 Å². The van der Waals surface area contributed by atoms with Crippen LogP contribution in [0.4, 0.5) is 0 Å². The van der Waals surface area contributed by atoms with E-state index in [4.69, 9.17) is 13.6 Å². The summed E-state index contributed by atoms with van der Waals surface area (Å²) < 4.78 is 18.5. The standard InChI is InChI=1S/C22H32O4Si/c1-6-10-20-13-14-21(26-27(25-20,17(2)3)18(4)5)15-22(23)24-16-19-11-8-7-9-12-19/h6-14,17-18,20-21H,15-16H2,1-5H3/b10-6+/t20-,21+/m0/s1. The minimum Gasteiger partial charge on any atom is -0.461 e. The van der Waals surface area contributed by atoms with E-state index in [0.717, 1.165) is 5.56 Å². The van der Waals surface area contributed by atoms with Gasteiger partial charge in [-0.25, -0.2) is 0 Å². The van der Waals surface area contributed by atoms with Gasteiger partial charge in [0, 0.05) is 0 Å². The lowest BCUT2D eigenvalue weighted by Gasteiger charge is -2.39. The fourth-order valence-electron chi connectivity index (χ4n) is 3.36. The normalized spacial score (nSPS) is 22.3. The second-order valence-electron chi connectivity index (χ2n) is 7.53. The van der Waals surface area contributed by atoms with Crippen LogP contribution in [0.2, 0.25) is 11.1 Å². The Bertz CT molecular complexity index is 644. The smallest absolute Gasteiger partial charge is 0.344 e. The first-order chi connectivity index (χ1) is 12.9. The molecule has 148 valence electrons. The first-order valence-corrected chi connectivity index (χ1v) is 11.7. The quantitative estimate of drug-likeness (QED) is 0.361. The highest BCUT2D eigenvalue weighted by atomic mass is 28.4. The lowest BCUT2D eigenvalue weighted by molar-refractivity contribution is -0.146. The fraction of sp³-hybridized carbons (Fsp3) is 0.500. The van der Waals surface area contributed by atoms with E-state index in [1.165, 1.54) is 0 Å². The van der Waals surface area contributed by atoms with Crippen LogP contribution in [0.15, 0.2) is 54.6 Å². The van der Waals surface area contributed by atoms with Crippen LogP contribution in [0.25, 0.3) is 0 Å². The zero-order chi connectivity index (χ0) is 19.9. The second-order valence-corrected chi connectivity index (χ2v) is 11.8. The van der Waals surface area contributed by atoms with Gasteiger partial charge in [-0.05, 0) is 23.6 Å². The maximum Gasteiger partial charge on any atom is 0.344 e. The molecule has 1 aromatic rings. The van der Waals surface area contributed by atoms with Crippen LogP contribution in [0.5, 0.6) is 0 Å². The maximum absolute atomic E-state index is 12.4. The second kappa shape index (κ2) is 10.0. The molecule has 1 heterocycles. The molecular weight excluding hydrogens is 356 g/mol. The van der Waals surface area contributed by atoms with Gasteiger partial charge in [-0.3, -0.25) is 4.79 Å². The first-order valence-electron chi connectivity index (χ1n) is 9.73. The molecule has 4 nitrogen and oxygen atoms in total. The van der Waals surface area contributed by atoms with E-state index < -0.39 is 8.56 Å². The number of ether oxygens (including phenoxy) is 1. The summed E-state index contributed by atoms with van der Waals surface area (Å²) in [5.41, 5.74) is 1.52. The van der Waals surface area contributed by atoms with Crippen LogP contribution >= 0.6 is 0 Å². The molecule has 0 saturated heterocycles. The average molecular weight is 389 g/mol. The molecular formula is C22H32O4Si. The van der Waals surface area contributed by atoms with E-state index >= 15 is 0 Å². The molecule has 1 aliphatic rings. The van der Waals surface area contributed by atoms with Gasteiger partial charge in [0.1, 0.15) is 6.61 Å². The van der Waals surface area contributed by atoms with E-state index in [1.807, 2.05) is 61.6 Å². The van der Waals surface area contributed by atoms with Gasteiger partial charge < -0.3 is 13.6 Å². The highest BCUT2D eigenvalue weighted by Gasteiger charge is 2.48. The number of esters is 1. The van der Waals surface area contributed by atoms with E-state index in [9.17, 15) is 4.79 Å². The Kier molecular flexibility index (Phi) is 8.02. The van der Waals surface area contributed by atoms with Crippen molar-refractivity contribution >= 4 is 14.5 Å². The van der Waals surface area contributed by atoms with Crippen LogP contribution in [0, 0.1) is 0 Å². The number of hydrogen-bond donors (Lipinski definition) is 0. The van der Waals surface area contributed by atoms with E-state index in [1.54, 1.807) is 0 Å². The van der Waals surface area contributed by atoms with Crippen LogP contribution in [0.3, 0.4) is 0 Å². The molecule has 0 aliphatic carbocycles. The molecule has 5 heteroatoms. The zero-order valence-corrected chi connectivity index (χ0v) is 18.1. The van der Waals surface area contributed by atoms with Crippen LogP contribution in [-0.4, -0.2) is 26.7 Å². The molecule has 27 heavy (non-hydrogen) atoms. The summed E-state index contributed by atoms with van der Waals surface area (Å²) in [6.45, 7) is 10.9. The number of allylic oxidation sites excluding steroid dienone is 1. The molecule has 1 aromatic carbocycles. The molecule has 1 aliphatic heterocycles. The molecule has 0 N–H and O–H groups in total. The highest BCUT2D eigenvalue weighted by Crippen LogP contribution is 2.38. The summed E-state index contributed by atoms with van der Waals surface area (Å²) in [6.07, 6.45) is 7.73. The fourth-order valence-corrected chi connectivity index (χ4v) is 7.06. The Morgan fingerprint density at radius 1 is 1.11 bits per heavy atom. The maximum atomic E-state index is 12.4. The Morgan fingerprint density at radius 3 is 2.37 bits per heavy atom. The van der Waals surface area contributed by atoms with Crippen molar-refractivity contribution in [3.05, 3.63) is 60.2 Å². The molecule has 0 fully saturated rings. The number of benzene rings is 1. The predicted molar refractivity (Wildman–Crippen MR) is 111 cm³/mol. The van der Waals surface area contributed by atoms with Crippen molar-refractivity contribution < 1.29 is 18.4 Å². The Balaban J connectivity index is 2.09. The molecule has 0 amide bonds. The van der Waals surface area contributed by atoms with Gasteiger partial charge in [-0.1, -0.05) is 82.3 Å². The Morgan fingerprint density at radius 2 is 1.78 bits per heavy atom. The molecule has 2 rings (SSSR count). The summed E-state index contributed by atoms with van der Waals surface area (Å²) in [7, 11) is -2.53. The molecule has 0 spiro atoms. The van der Waals surface area contributed by atoms with E-state index in [0.29, 0.717) is 0 Å². The summed E-state index contributed by atoms with van der Waals surface area (Å²) in [5, 5.41) is 0. The minimum absolute atomic E-state index is 0.114. The lowest BCUT2D eigenvalue weighted by Crippen LogP contribution is -2.51. The van der Waals surface area contributed by atoms with Gasteiger partial charge >= 0.3 is 14.5 Å². The molecule has 2 atom stereocenters. The van der Waals surface area contributed by atoms with Crippen molar-refractivity contribution in [1.29, 1.82) is 0 Å². The monoisotopic (exact) mass is 388 g/mol. The molecule has 0 saturated carbocycles. The summed E-state index contributed by atoms with van der Waals surface area (Å²) in [5.74, 6) is -0.256. The Labute approximate surface area is 164 Å². The summed E-state index contributed by atoms with van der Waals surface area (Å²) >= 11 is 0. The van der Waals surface area contributed by atoms with Crippen LogP contribution in [0.1, 0.15) is 46.6 Å². The SMILES string of the molecule is C/C=C/[C@H]1C=C[C@H](CC(=O)OCc2ccccc2)O[Si](C(C)C)(C(C)C)O1. The van der Waals surface area contributed by atoms with Crippen LogP contribution < -0.4 is 0 Å². The third-order valence-corrected chi connectivity index (χ3v) is 9.30. The number of rotatable bonds is 7. The predicted octanol–water partition coefficient (Wildman–Crippen LogP) is 5.30. The van der Waals surface area contributed by atoms with Gasteiger partial charge in [-0.2, -0.15) is 0 Å². The Hall–Kier alpha value is -1.69. The number of carbonyl (C=O) groups excluding carboxylic acids is 1. The van der Waals surface area contributed by atoms with Crippen LogP contribution in [-0.2, 0) is 25.0 Å². The molecule has 0 aromatic heterocycles. The van der Waals surface area contributed by atoms with Gasteiger partial charge in [0.05, 0.1) is 18.6 Å². The minimum atomic E-state index is -2.53. The van der Waals surface area contributed by atoms with Gasteiger partial charge in [-0.15, -0.1) is 0 Å². The van der Waals surface area contributed by atoms with Crippen molar-refractivity contribution in [1.82, 2.24) is 0 Å². The molecule has 0 radical (unpaired) electrons. The number of hydrogen-bond acceptors (Lipinski definition) is 4. The summed E-state index contributed by atoms with van der Waals surface area (Å²) in [4.78, 5) is 12.4. The van der Waals surface area contributed by atoms with E-state index in [-0.39, 0.29) is 42.3 Å².